The van der Waals surface area contributed by atoms with Crippen LogP contribution in [0.2, 0.25) is 5.02 Å². The van der Waals surface area contributed by atoms with E-state index in [-0.39, 0.29) is 16.1 Å². The van der Waals surface area contributed by atoms with E-state index in [4.69, 9.17) is 21.8 Å². The average molecular weight is 243 g/mol. The molecule has 0 radical (unpaired) electrons. The van der Waals surface area contributed by atoms with E-state index in [1.54, 1.807) is 13.8 Å². The van der Waals surface area contributed by atoms with E-state index in [9.17, 15) is 9.59 Å². The molecule has 1 rings (SSSR count). The fourth-order valence-corrected chi connectivity index (χ4v) is 1.85. The molecule has 16 heavy (non-hydrogen) atoms. The Morgan fingerprint density at radius 3 is 2.25 bits per heavy atom. The molecule has 1 aromatic carbocycles. The molecule has 0 amide bonds. The van der Waals surface area contributed by atoms with Crippen LogP contribution in [0, 0.1) is 6.92 Å². The van der Waals surface area contributed by atoms with Crippen LogP contribution in [0.25, 0.3) is 0 Å². The topological polar surface area (TPSA) is 74.6 Å². The highest BCUT2D eigenvalue weighted by Gasteiger charge is 2.21. The zero-order chi connectivity index (χ0) is 12.5. The molecule has 0 bridgehead atoms. The predicted molar refractivity (Wildman–Crippen MR) is 59.5 cm³/mol. The van der Waals surface area contributed by atoms with Crippen molar-refractivity contribution in [1.82, 2.24) is 0 Å². The monoisotopic (exact) mass is 242 g/mol. The summed E-state index contributed by atoms with van der Waals surface area (Å²) in [5, 5.41) is 18.2. The average Bonchev–Trinajstić information content (AvgIpc) is 2.20. The number of halogens is 1. The molecule has 0 aliphatic carbocycles. The molecule has 0 spiro atoms. The van der Waals surface area contributed by atoms with Gasteiger partial charge >= 0.3 is 11.9 Å². The van der Waals surface area contributed by atoms with Crippen LogP contribution in [0.4, 0.5) is 0 Å². The lowest BCUT2D eigenvalue weighted by molar-refractivity contribution is 0.0695. The van der Waals surface area contributed by atoms with Gasteiger partial charge in [-0.05, 0) is 30.5 Å². The molecule has 4 nitrogen and oxygen atoms in total. The SMILES string of the molecule is CCc1c(C(=O)O)cc(Cl)c(C)c1C(=O)O. The van der Waals surface area contributed by atoms with Gasteiger partial charge in [0.25, 0.3) is 0 Å². The minimum atomic E-state index is -1.17. The number of carboxylic acid groups (broad SMARTS) is 2. The van der Waals surface area contributed by atoms with Crippen molar-refractivity contribution in [3.8, 4) is 0 Å². The summed E-state index contributed by atoms with van der Waals surface area (Å²) in [5.41, 5.74) is 0.654. The van der Waals surface area contributed by atoms with E-state index in [0.29, 0.717) is 17.5 Å². The number of hydrogen-bond acceptors (Lipinski definition) is 2. The number of carboxylic acids is 2. The number of hydrogen-bond donors (Lipinski definition) is 2. The number of carbonyl (C=O) groups is 2. The predicted octanol–water partition coefficient (Wildman–Crippen LogP) is 2.61. The van der Waals surface area contributed by atoms with E-state index in [1.807, 2.05) is 0 Å². The number of aromatic carboxylic acids is 2. The number of rotatable bonds is 3. The molecule has 0 saturated carbocycles. The van der Waals surface area contributed by atoms with Crippen LogP contribution in [0.3, 0.4) is 0 Å². The van der Waals surface area contributed by atoms with Crippen LogP contribution in [0.1, 0.15) is 38.8 Å². The normalized spacial score (nSPS) is 10.2. The van der Waals surface area contributed by atoms with Crippen molar-refractivity contribution in [3.05, 3.63) is 33.3 Å². The van der Waals surface area contributed by atoms with E-state index >= 15 is 0 Å². The standard InChI is InChI=1S/C11H11ClO4/c1-3-6-7(10(13)14)4-8(12)5(2)9(6)11(15)16/h4H,3H2,1-2H3,(H,13,14)(H,15,16). The summed E-state index contributed by atoms with van der Waals surface area (Å²) in [6.45, 7) is 3.28. The molecule has 0 aliphatic rings. The van der Waals surface area contributed by atoms with E-state index in [2.05, 4.69) is 0 Å². The van der Waals surface area contributed by atoms with Crippen molar-refractivity contribution in [3.63, 3.8) is 0 Å². The Bertz CT molecular complexity index is 466. The maximum absolute atomic E-state index is 11.1. The first-order valence-corrected chi connectivity index (χ1v) is 5.06. The van der Waals surface area contributed by atoms with Crippen molar-refractivity contribution < 1.29 is 19.8 Å². The molecule has 86 valence electrons. The first-order valence-electron chi connectivity index (χ1n) is 4.68. The van der Waals surface area contributed by atoms with Gasteiger partial charge in [-0.25, -0.2) is 9.59 Å². The van der Waals surface area contributed by atoms with Crippen LogP contribution >= 0.6 is 11.6 Å². The van der Waals surface area contributed by atoms with Gasteiger partial charge in [-0.15, -0.1) is 0 Å². The third-order valence-corrected chi connectivity index (χ3v) is 2.82. The smallest absolute Gasteiger partial charge is 0.336 e. The Morgan fingerprint density at radius 2 is 1.88 bits per heavy atom. The first-order chi connectivity index (χ1) is 7.40. The highest BCUT2D eigenvalue weighted by Crippen LogP contribution is 2.27. The Labute approximate surface area is 97.5 Å². The van der Waals surface area contributed by atoms with Crippen LogP contribution in [0.5, 0.6) is 0 Å². The Balaban J connectivity index is 3.68. The summed E-state index contributed by atoms with van der Waals surface area (Å²) in [4.78, 5) is 22.0. The van der Waals surface area contributed by atoms with Gasteiger partial charge in [-0.3, -0.25) is 0 Å². The highest BCUT2D eigenvalue weighted by atomic mass is 35.5. The van der Waals surface area contributed by atoms with Crippen molar-refractivity contribution in [2.75, 3.05) is 0 Å². The van der Waals surface area contributed by atoms with Crippen LogP contribution in [-0.4, -0.2) is 22.2 Å². The molecular weight excluding hydrogens is 232 g/mol. The Hall–Kier alpha value is -1.55. The maximum atomic E-state index is 11.1. The van der Waals surface area contributed by atoms with Gasteiger partial charge in [-0.1, -0.05) is 18.5 Å². The van der Waals surface area contributed by atoms with Gasteiger partial charge in [0.05, 0.1) is 11.1 Å². The minimum Gasteiger partial charge on any atom is -0.478 e. The van der Waals surface area contributed by atoms with Gasteiger partial charge in [-0.2, -0.15) is 0 Å². The van der Waals surface area contributed by atoms with Crippen molar-refractivity contribution in [2.45, 2.75) is 20.3 Å². The van der Waals surface area contributed by atoms with Crippen LogP contribution in [0.15, 0.2) is 6.07 Å². The quantitative estimate of drug-likeness (QED) is 0.854. The summed E-state index contributed by atoms with van der Waals surface area (Å²) in [6.07, 6.45) is 0.335. The summed E-state index contributed by atoms with van der Waals surface area (Å²) < 4.78 is 0. The van der Waals surface area contributed by atoms with Gasteiger partial charge in [0.2, 0.25) is 0 Å². The lowest BCUT2D eigenvalue weighted by Crippen LogP contribution is -2.11. The second kappa shape index (κ2) is 4.53. The van der Waals surface area contributed by atoms with Crippen molar-refractivity contribution in [1.29, 1.82) is 0 Å². The number of benzene rings is 1. The van der Waals surface area contributed by atoms with Crippen LogP contribution in [-0.2, 0) is 6.42 Å². The molecule has 2 N–H and O–H groups in total. The molecule has 5 heteroatoms. The maximum Gasteiger partial charge on any atom is 0.336 e. The molecule has 1 aromatic rings. The van der Waals surface area contributed by atoms with Crippen molar-refractivity contribution >= 4 is 23.5 Å². The molecule has 0 atom stereocenters. The summed E-state index contributed by atoms with van der Waals surface area (Å²) in [5.74, 6) is -2.32. The lowest BCUT2D eigenvalue weighted by Gasteiger charge is -2.12. The zero-order valence-corrected chi connectivity index (χ0v) is 9.63. The fourth-order valence-electron chi connectivity index (χ4n) is 1.65. The Morgan fingerprint density at radius 1 is 1.31 bits per heavy atom. The van der Waals surface area contributed by atoms with Gasteiger partial charge in [0.1, 0.15) is 0 Å². The fraction of sp³-hybridized carbons (Fsp3) is 0.273. The highest BCUT2D eigenvalue weighted by molar-refractivity contribution is 6.32. The van der Waals surface area contributed by atoms with E-state index < -0.39 is 11.9 Å². The zero-order valence-electron chi connectivity index (χ0n) is 8.87. The van der Waals surface area contributed by atoms with Gasteiger partial charge in [0, 0.05) is 5.02 Å². The second-order valence-electron chi connectivity index (χ2n) is 3.35. The molecule has 0 unspecified atom stereocenters. The molecule has 0 heterocycles. The van der Waals surface area contributed by atoms with Crippen molar-refractivity contribution in [2.24, 2.45) is 0 Å². The van der Waals surface area contributed by atoms with E-state index in [1.165, 1.54) is 6.07 Å². The third kappa shape index (κ3) is 2.02. The summed E-state index contributed by atoms with van der Waals surface area (Å²) in [6, 6.07) is 1.30. The lowest BCUT2D eigenvalue weighted by atomic mass is 9.94. The largest absolute Gasteiger partial charge is 0.478 e. The molecule has 0 aliphatic heterocycles. The van der Waals surface area contributed by atoms with Gasteiger partial charge < -0.3 is 10.2 Å². The molecule has 0 aromatic heterocycles. The van der Waals surface area contributed by atoms with Crippen LogP contribution < -0.4 is 0 Å². The molecule has 0 saturated heterocycles. The Kier molecular flexibility index (Phi) is 3.55. The first kappa shape index (κ1) is 12.5. The molecular formula is C11H11ClO4. The van der Waals surface area contributed by atoms with Gasteiger partial charge in [0.15, 0.2) is 0 Å². The molecule has 0 fully saturated rings. The van der Waals surface area contributed by atoms with E-state index in [0.717, 1.165) is 0 Å². The summed E-state index contributed by atoms with van der Waals surface area (Å²) in [7, 11) is 0. The minimum absolute atomic E-state index is 0.00704. The second-order valence-corrected chi connectivity index (χ2v) is 3.76. The third-order valence-electron chi connectivity index (χ3n) is 2.43. The summed E-state index contributed by atoms with van der Waals surface area (Å²) >= 11 is 5.81.